The molecule has 0 heterocycles. The molecule has 2 heteroatoms. The van der Waals surface area contributed by atoms with Crippen LogP contribution in [0.15, 0.2) is 0 Å². The summed E-state index contributed by atoms with van der Waals surface area (Å²) >= 11 is 0. The van der Waals surface area contributed by atoms with E-state index in [0.29, 0.717) is 0 Å². The van der Waals surface area contributed by atoms with Gasteiger partial charge < -0.3 is 10.8 Å². The van der Waals surface area contributed by atoms with Crippen molar-refractivity contribution in [3.8, 4) is 0 Å². The van der Waals surface area contributed by atoms with Gasteiger partial charge in [0.15, 0.2) is 0 Å². The van der Waals surface area contributed by atoms with Crippen LogP contribution in [0.3, 0.4) is 0 Å². The summed E-state index contributed by atoms with van der Waals surface area (Å²) in [5.74, 6) is 0. The Morgan fingerprint density at radius 1 is 0.464 bits per heavy atom. The van der Waals surface area contributed by atoms with E-state index in [1.54, 1.807) is 0 Å². The monoisotopic (exact) mass is 397 g/mol. The summed E-state index contributed by atoms with van der Waals surface area (Å²) in [6.45, 7) is 2.43. The molecule has 0 aromatic heterocycles. The molecular formula is C26H55NO. The highest BCUT2D eigenvalue weighted by Gasteiger charge is 1.99. The number of nitrogens with two attached hydrogens (primary N) is 1. The molecule has 0 radical (unpaired) electrons. The molecule has 3 N–H and O–H groups in total. The van der Waals surface area contributed by atoms with Gasteiger partial charge in [-0.1, -0.05) is 148 Å². The highest BCUT2D eigenvalue weighted by molar-refractivity contribution is 4.58. The van der Waals surface area contributed by atoms with Gasteiger partial charge in [-0.3, -0.25) is 0 Å². The molecule has 1 atom stereocenters. The van der Waals surface area contributed by atoms with Crippen LogP contribution in [0, 0.1) is 0 Å². The first-order valence-corrected chi connectivity index (χ1v) is 13.2. The molecule has 0 aromatic carbocycles. The van der Waals surface area contributed by atoms with E-state index < -0.39 is 0 Å². The molecule has 0 aliphatic carbocycles. The topological polar surface area (TPSA) is 46.2 Å². The van der Waals surface area contributed by atoms with Crippen LogP contribution in [0.4, 0.5) is 0 Å². The van der Waals surface area contributed by atoms with Crippen LogP contribution in [-0.4, -0.2) is 17.8 Å². The first-order chi connectivity index (χ1) is 13.8. The van der Waals surface area contributed by atoms with Gasteiger partial charge in [0.05, 0.1) is 6.61 Å². The fourth-order valence-electron chi connectivity index (χ4n) is 4.11. The molecular weight excluding hydrogens is 342 g/mol. The lowest BCUT2D eigenvalue weighted by molar-refractivity contribution is 0.257. The molecule has 0 amide bonds. The molecule has 28 heavy (non-hydrogen) atoms. The molecule has 0 saturated carbocycles. The van der Waals surface area contributed by atoms with Crippen LogP contribution < -0.4 is 5.73 Å². The van der Waals surface area contributed by atoms with Crippen LogP contribution >= 0.6 is 0 Å². The smallest absolute Gasteiger partial charge is 0.0582 e. The zero-order chi connectivity index (χ0) is 20.5. The van der Waals surface area contributed by atoms with Crippen molar-refractivity contribution in [3.05, 3.63) is 0 Å². The summed E-state index contributed by atoms with van der Waals surface area (Å²) in [6, 6.07) is 0.00473. The first-order valence-electron chi connectivity index (χ1n) is 13.2. The van der Waals surface area contributed by atoms with Gasteiger partial charge in [-0.25, -0.2) is 0 Å². The van der Waals surface area contributed by atoms with E-state index in [9.17, 15) is 0 Å². The SMILES string of the molecule is CCCCCCCCCCCCCCCCCCCCCCCCC(N)CO. The molecule has 0 aromatic rings. The van der Waals surface area contributed by atoms with E-state index in [1.807, 2.05) is 0 Å². The van der Waals surface area contributed by atoms with Gasteiger partial charge >= 0.3 is 0 Å². The van der Waals surface area contributed by atoms with Gasteiger partial charge in [0.1, 0.15) is 0 Å². The highest BCUT2D eigenvalue weighted by Crippen LogP contribution is 2.15. The van der Waals surface area contributed by atoms with Gasteiger partial charge in [0.25, 0.3) is 0 Å². The minimum Gasteiger partial charge on any atom is -0.395 e. The van der Waals surface area contributed by atoms with Gasteiger partial charge in [0, 0.05) is 6.04 Å². The van der Waals surface area contributed by atoms with Crippen LogP contribution in [0.25, 0.3) is 0 Å². The second-order valence-electron chi connectivity index (χ2n) is 9.16. The molecule has 0 saturated heterocycles. The molecule has 0 aliphatic rings. The van der Waals surface area contributed by atoms with E-state index in [-0.39, 0.29) is 12.6 Å². The van der Waals surface area contributed by atoms with E-state index in [0.717, 1.165) is 6.42 Å². The summed E-state index contributed by atoms with van der Waals surface area (Å²) in [6.07, 6.45) is 32.3. The second-order valence-corrected chi connectivity index (χ2v) is 9.16. The van der Waals surface area contributed by atoms with E-state index in [4.69, 9.17) is 10.8 Å². The lowest BCUT2D eigenvalue weighted by Gasteiger charge is -2.07. The Morgan fingerprint density at radius 2 is 0.714 bits per heavy atom. The third-order valence-corrected chi connectivity index (χ3v) is 6.16. The van der Waals surface area contributed by atoms with Crippen molar-refractivity contribution in [2.45, 2.75) is 161 Å². The van der Waals surface area contributed by atoms with Crippen molar-refractivity contribution in [1.82, 2.24) is 0 Å². The summed E-state index contributed by atoms with van der Waals surface area (Å²) in [5, 5.41) is 8.88. The fraction of sp³-hybridized carbons (Fsp3) is 1.00. The molecule has 0 bridgehead atoms. The Kier molecular flexibility index (Phi) is 24.9. The molecule has 170 valence electrons. The Hall–Kier alpha value is -0.0800. The molecule has 1 unspecified atom stereocenters. The fourth-order valence-corrected chi connectivity index (χ4v) is 4.11. The van der Waals surface area contributed by atoms with Crippen LogP contribution in [0.1, 0.15) is 155 Å². The maximum absolute atomic E-state index is 8.88. The Bertz CT molecular complexity index is 269. The molecule has 0 spiro atoms. The number of hydrogen-bond donors (Lipinski definition) is 2. The Balaban J connectivity index is 3.00. The Morgan fingerprint density at radius 3 is 0.964 bits per heavy atom. The van der Waals surface area contributed by atoms with Gasteiger partial charge in [-0.15, -0.1) is 0 Å². The number of unbranched alkanes of at least 4 members (excludes halogenated alkanes) is 21. The predicted octanol–water partition coefficient (Wildman–Crippen LogP) is 8.30. The first kappa shape index (κ1) is 27.9. The van der Waals surface area contributed by atoms with E-state index in [1.165, 1.54) is 141 Å². The van der Waals surface area contributed by atoms with Crippen LogP contribution in [0.5, 0.6) is 0 Å². The standard InChI is InChI=1S/C26H55NO/c1-2-3-4-5-6-7-8-9-10-11-12-13-14-15-16-17-18-19-20-21-22-23-24-26(27)25-28/h26,28H,2-25,27H2,1H3. The van der Waals surface area contributed by atoms with Crippen molar-refractivity contribution in [1.29, 1.82) is 0 Å². The summed E-state index contributed by atoms with van der Waals surface area (Å²) in [7, 11) is 0. The van der Waals surface area contributed by atoms with Crippen molar-refractivity contribution in [2.75, 3.05) is 6.61 Å². The molecule has 0 rings (SSSR count). The third-order valence-electron chi connectivity index (χ3n) is 6.16. The van der Waals surface area contributed by atoms with E-state index in [2.05, 4.69) is 6.92 Å². The highest BCUT2D eigenvalue weighted by atomic mass is 16.3. The van der Waals surface area contributed by atoms with Crippen LogP contribution in [0.2, 0.25) is 0 Å². The normalized spacial score (nSPS) is 12.5. The van der Waals surface area contributed by atoms with Crippen molar-refractivity contribution in [2.24, 2.45) is 5.73 Å². The number of hydrogen-bond acceptors (Lipinski definition) is 2. The number of aliphatic hydroxyl groups excluding tert-OH is 1. The maximum atomic E-state index is 8.88. The Labute approximate surface area is 178 Å². The van der Waals surface area contributed by atoms with Gasteiger partial charge in [0.2, 0.25) is 0 Å². The van der Waals surface area contributed by atoms with E-state index >= 15 is 0 Å². The zero-order valence-corrected chi connectivity index (χ0v) is 19.6. The molecule has 0 fully saturated rings. The molecule has 2 nitrogen and oxygen atoms in total. The zero-order valence-electron chi connectivity index (χ0n) is 19.6. The summed E-state index contributed by atoms with van der Waals surface area (Å²) in [5.41, 5.74) is 5.71. The van der Waals surface area contributed by atoms with Gasteiger partial charge in [-0.2, -0.15) is 0 Å². The van der Waals surface area contributed by atoms with Crippen molar-refractivity contribution in [3.63, 3.8) is 0 Å². The minimum absolute atomic E-state index is 0.00473. The lowest BCUT2D eigenvalue weighted by Crippen LogP contribution is -2.23. The second kappa shape index (κ2) is 25.0. The predicted molar refractivity (Wildman–Crippen MR) is 127 cm³/mol. The average Bonchev–Trinajstić information content (AvgIpc) is 2.71. The molecule has 0 aliphatic heterocycles. The van der Waals surface area contributed by atoms with Crippen molar-refractivity contribution < 1.29 is 5.11 Å². The largest absolute Gasteiger partial charge is 0.395 e. The van der Waals surface area contributed by atoms with Gasteiger partial charge in [-0.05, 0) is 6.42 Å². The third kappa shape index (κ3) is 24.0. The maximum Gasteiger partial charge on any atom is 0.0582 e. The number of rotatable bonds is 24. The van der Waals surface area contributed by atoms with Crippen molar-refractivity contribution >= 4 is 0 Å². The number of aliphatic hydroxyl groups is 1. The lowest BCUT2D eigenvalue weighted by atomic mass is 10.0. The van der Waals surface area contributed by atoms with Crippen LogP contribution in [-0.2, 0) is 0 Å². The summed E-state index contributed by atoms with van der Waals surface area (Å²) < 4.78 is 0. The summed E-state index contributed by atoms with van der Waals surface area (Å²) in [4.78, 5) is 0. The average molecular weight is 398 g/mol. The quantitative estimate of drug-likeness (QED) is 0.161. The minimum atomic E-state index is 0.00473.